The number of benzene rings is 1. The summed E-state index contributed by atoms with van der Waals surface area (Å²) in [5, 5.41) is 3.52. The molecule has 0 spiro atoms. The minimum Gasteiger partial charge on any atom is -0.353 e. The minimum atomic E-state index is -0.401. The van der Waals surface area contributed by atoms with Crippen molar-refractivity contribution in [2.24, 2.45) is 0 Å². The predicted octanol–water partition coefficient (Wildman–Crippen LogP) is 1.54. The van der Waals surface area contributed by atoms with Gasteiger partial charge in [0.15, 0.2) is 0 Å². The predicted molar refractivity (Wildman–Crippen MR) is 72.6 cm³/mol. The lowest BCUT2D eigenvalue weighted by Crippen LogP contribution is -2.55. The van der Waals surface area contributed by atoms with Crippen molar-refractivity contribution >= 4 is 27.7 Å². The molecular formula is C13H15BrN2O2. The molecule has 1 atom stereocenters. The lowest BCUT2D eigenvalue weighted by Gasteiger charge is -2.32. The first-order valence-corrected chi connectivity index (χ1v) is 6.99. The van der Waals surface area contributed by atoms with E-state index in [9.17, 15) is 9.59 Å². The maximum absolute atomic E-state index is 12.3. The van der Waals surface area contributed by atoms with Crippen LogP contribution in [0.2, 0.25) is 0 Å². The van der Waals surface area contributed by atoms with Crippen molar-refractivity contribution in [1.29, 1.82) is 0 Å². The molecule has 0 radical (unpaired) electrons. The van der Waals surface area contributed by atoms with Crippen LogP contribution in [-0.4, -0.2) is 35.8 Å². The number of piperazine rings is 1. The molecular weight excluding hydrogens is 296 g/mol. The quantitative estimate of drug-likeness (QED) is 0.842. The fraction of sp³-hybridized carbons (Fsp3) is 0.385. The summed E-state index contributed by atoms with van der Waals surface area (Å²) in [6, 6.07) is 7.03. The third kappa shape index (κ3) is 2.56. The Morgan fingerprint density at radius 3 is 2.72 bits per heavy atom. The monoisotopic (exact) mass is 310 g/mol. The largest absolute Gasteiger partial charge is 0.353 e. The van der Waals surface area contributed by atoms with E-state index in [1.165, 1.54) is 0 Å². The second-order valence-corrected chi connectivity index (χ2v) is 4.86. The second kappa shape index (κ2) is 5.52. The van der Waals surface area contributed by atoms with Crippen LogP contribution in [0.1, 0.15) is 22.8 Å². The van der Waals surface area contributed by atoms with Gasteiger partial charge in [0.25, 0.3) is 5.91 Å². The molecule has 1 heterocycles. The molecule has 18 heavy (non-hydrogen) atoms. The fourth-order valence-electron chi connectivity index (χ4n) is 1.96. The maximum Gasteiger partial charge on any atom is 0.254 e. The maximum atomic E-state index is 12.3. The highest BCUT2D eigenvalue weighted by atomic mass is 79.9. The summed E-state index contributed by atoms with van der Waals surface area (Å²) in [6.07, 6.45) is 0. The molecule has 5 heteroatoms. The van der Waals surface area contributed by atoms with Crippen LogP contribution in [0.5, 0.6) is 0 Å². The number of hydrogen-bond donors (Lipinski definition) is 1. The smallest absolute Gasteiger partial charge is 0.254 e. The van der Waals surface area contributed by atoms with Crippen molar-refractivity contribution in [2.45, 2.75) is 18.3 Å². The van der Waals surface area contributed by atoms with E-state index in [2.05, 4.69) is 21.2 Å². The highest BCUT2D eigenvalue weighted by molar-refractivity contribution is 9.08. The topological polar surface area (TPSA) is 49.4 Å². The van der Waals surface area contributed by atoms with E-state index in [4.69, 9.17) is 0 Å². The molecule has 2 amide bonds. The van der Waals surface area contributed by atoms with Crippen LogP contribution in [0.15, 0.2) is 24.3 Å². The van der Waals surface area contributed by atoms with Gasteiger partial charge in [0, 0.05) is 24.0 Å². The molecule has 96 valence electrons. The van der Waals surface area contributed by atoms with Gasteiger partial charge in [-0.1, -0.05) is 28.1 Å². The molecule has 0 aliphatic carbocycles. The Morgan fingerprint density at radius 2 is 2.11 bits per heavy atom. The summed E-state index contributed by atoms with van der Waals surface area (Å²) in [5.74, 6) is -0.176. The molecule has 1 aliphatic heterocycles. The molecule has 1 fully saturated rings. The van der Waals surface area contributed by atoms with Crippen LogP contribution in [-0.2, 0) is 10.1 Å². The number of halogens is 1. The number of hydrogen-bond acceptors (Lipinski definition) is 2. The van der Waals surface area contributed by atoms with Gasteiger partial charge in [0.2, 0.25) is 5.91 Å². The molecule has 1 unspecified atom stereocenters. The highest BCUT2D eigenvalue weighted by Crippen LogP contribution is 2.13. The van der Waals surface area contributed by atoms with Gasteiger partial charge in [-0.25, -0.2) is 0 Å². The summed E-state index contributed by atoms with van der Waals surface area (Å²) in [7, 11) is 0. The Morgan fingerprint density at radius 1 is 1.44 bits per heavy atom. The molecule has 0 aromatic heterocycles. The third-order valence-corrected chi connectivity index (χ3v) is 3.76. The molecule has 1 saturated heterocycles. The van der Waals surface area contributed by atoms with Crippen LogP contribution >= 0.6 is 15.9 Å². The second-order valence-electron chi connectivity index (χ2n) is 4.30. The average molecular weight is 311 g/mol. The number of carbonyl (C=O) groups excluding carboxylic acids is 2. The van der Waals surface area contributed by atoms with Crippen molar-refractivity contribution in [2.75, 3.05) is 13.1 Å². The normalized spacial score (nSPS) is 19.6. The first-order valence-electron chi connectivity index (χ1n) is 5.87. The van der Waals surface area contributed by atoms with Crippen molar-refractivity contribution in [3.63, 3.8) is 0 Å². The van der Waals surface area contributed by atoms with Crippen LogP contribution in [0, 0.1) is 0 Å². The molecule has 1 aliphatic rings. The van der Waals surface area contributed by atoms with Gasteiger partial charge in [0.1, 0.15) is 6.04 Å². The number of nitrogens with zero attached hydrogens (tertiary/aromatic N) is 1. The molecule has 1 aromatic rings. The molecule has 2 rings (SSSR count). The van der Waals surface area contributed by atoms with Gasteiger partial charge in [-0.2, -0.15) is 0 Å². The Hall–Kier alpha value is -1.36. The van der Waals surface area contributed by atoms with E-state index in [0.29, 0.717) is 18.7 Å². The van der Waals surface area contributed by atoms with Gasteiger partial charge in [-0.05, 0) is 24.6 Å². The zero-order chi connectivity index (χ0) is 13.1. The van der Waals surface area contributed by atoms with Crippen molar-refractivity contribution < 1.29 is 9.59 Å². The number of rotatable bonds is 2. The zero-order valence-corrected chi connectivity index (χ0v) is 11.7. The summed E-state index contributed by atoms with van der Waals surface area (Å²) in [5.41, 5.74) is 1.75. The lowest BCUT2D eigenvalue weighted by atomic mass is 10.1. The minimum absolute atomic E-state index is 0.0847. The van der Waals surface area contributed by atoms with Crippen molar-refractivity contribution in [3.05, 3.63) is 35.4 Å². The van der Waals surface area contributed by atoms with Gasteiger partial charge in [0.05, 0.1) is 0 Å². The Labute approximate surface area is 114 Å². The zero-order valence-electron chi connectivity index (χ0n) is 10.1. The van der Waals surface area contributed by atoms with Crippen LogP contribution in [0.25, 0.3) is 0 Å². The van der Waals surface area contributed by atoms with E-state index in [1.807, 2.05) is 12.1 Å². The number of carbonyl (C=O) groups is 2. The summed E-state index contributed by atoms with van der Waals surface area (Å²) < 4.78 is 0. The summed E-state index contributed by atoms with van der Waals surface area (Å²) in [4.78, 5) is 25.4. The van der Waals surface area contributed by atoms with Crippen molar-refractivity contribution in [3.8, 4) is 0 Å². The fourth-order valence-corrected chi connectivity index (χ4v) is 2.34. The standard InChI is InChI=1S/C13H15BrN2O2/c1-9-12(17)15-6-7-16(9)13(18)11-4-2-10(8-14)3-5-11/h2-5,9H,6-8H2,1H3,(H,15,17). The summed E-state index contributed by atoms with van der Waals surface area (Å²) >= 11 is 3.36. The third-order valence-electron chi connectivity index (χ3n) is 3.11. The Bertz CT molecular complexity index is 459. The van der Waals surface area contributed by atoms with E-state index in [0.717, 1.165) is 10.9 Å². The Kier molecular flexibility index (Phi) is 4.01. The first kappa shape index (κ1) is 13.1. The van der Waals surface area contributed by atoms with E-state index >= 15 is 0 Å². The molecule has 1 aromatic carbocycles. The first-order chi connectivity index (χ1) is 8.63. The SMILES string of the molecule is CC1C(=O)NCCN1C(=O)c1ccc(CBr)cc1. The summed E-state index contributed by atoms with van der Waals surface area (Å²) in [6.45, 7) is 2.83. The molecule has 1 N–H and O–H groups in total. The van der Waals surface area contributed by atoms with Gasteiger partial charge >= 0.3 is 0 Å². The van der Waals surface area contributed by atoms with Crippen LogP contribution in [0.4, 0.5) is 0 Å². The van der Waals surface area contributed by atoms with Crippen LogP contribution in [0.3, 0.4) is 0 Å². The van der Waals surface area contributed by atoms with Gasteiger partial charge in [-0.3, -0.25) is 9.59 Å². The van der Waals surface area contributed by atoms with E-state index in [1.54, 1.807) is 24.0 Å². The van der Waals surface area contributed by atoms with Gasteiger partial charge in [-0.15, -0.1) is 0 Å². The molecule has 0 bridgehead atoms. The highest BCUT2D eigenvalue weighted by Gasteiger charge is 2.29. The van der Waals surface area contributed by atoms with E-state index in [-0.39, 0.29) is 11.8 Å². The number of alkyl halides is 1. The molecule has 4 nitrogen and oxygen atoms in total. The van der Waals surface area contributed by atoms with Crippen molar-refractivity contribution in [1.82, 2.24) is 10.2 Å². The molecule has 0 saturated carbocycles. The lowest BCUT2D eigenvalue weighted by molar-refractivity contribution is -0.127. The van der Waals surface area contributed by atoms with E-state index < -0.39 is 6.04 Å². The number of amides is 2. The number of nitrogens with one attached hydrogen (secondary N) is 1. The van der Waals surface area contributed by atoms with Gasteiger partial charge < -0.3 is 10.2 Å². The Balaban J connectivity index is 2.16. The average Bonchev–Trinajstić information content (AvgIpc) is 2.41. The van der Waals surface area contributed by atoms with Crippen LogP contribution < -0.4 is 5.32 Å².